The van der Waals surface area contributed by atoms with Gasteiger partial charge in [0.2, 0.25) is 0 Å². The van der Waals surface area contributed by atoms with Gasteiger partial charge in [-0.15, -0.1) is 0 Å². The molecule has 3 rings (SSSR count). The highest BCUT2D eigenvalue weighted by molar-refractivity contribution is 5.79. The lowest BCUT2D eigenvalue weighted by atomic mass is 9.65. The van der Waals surface area contributed by atoms with Crippen LogP contribution in [0.3, 0.4) is 0 Å². The normalized spacial score (nSPS) is 33.0. The highest BCUT2D eigenvalue weighted by atomic mass is 16.5. The maximum absolute atomic E-state index is 11.9. The van der Waals surface area contributed by atoms with Gasteiger partial charge in [0, 0.05) is 18.7 Å². The van der Waals surface area contributed by atoms with Crippen molar-refractivity contribution in [2.75, 3.05) is 12.3 Å². The number of nitrogens with zero attached hydrogens (tertiary/aromatic N) is 1. The van der Waals surface area contributed by atoms with Crippen molar-refractivity contribution in [2.24, 2.45) is 5.92 Å². The van der Waals surface area contributed by atoms with Crippen molar-refractivity contribution < 1.29 is 19.7 Å². The SMILES string of the molecule is Nc1cnccc1[C@H](C(=O)O)[C@H]1CCO[C@@H]2CCCC[C@@]12O. The molecule has 120 valence electrons. The summed E-state index contributed by atoms with van der Waals surface area (Å²) < 4.78 is 5.72. The first-order chi connectivity index (χ1) is 10.5. The Morgan fingerprint density at radius 2 is 2.27 bits per heavy atom. The van der Waals surface area contributed by atoms with Gasteiger partial charge in [-0.1, -0.05) is 12.8 Å². The van der Waals surface area contributed by atoms with Crippen molar-refractivity contribution in [1.29, 1.82) is 0 Å². The van der Waals surface area contributed by atoms with Gasteiger partial charge in [0.15, 0.2) is 0 Å². The number of ether oxygens (including phenoxy) is 1. The molecule has 2 aliphatic rings. The molecule has 22 heavy (non-hydrogen) atoms. The standard InChI is InChI=1S/C16H22N2O4/c17-12-9-18-7-4-10(12)14(15(19)20)11-5-8-22-13-3-1-2-6-16(11,13)21/h4,7,9,11,13-14,21H,1-3,5-6,8,17H2,(H,19,20)/t11-,13-,14+,16-/m1/s1. The van der Waals surface area contributed by atoms with Crippen LogP contribution in [-0.2, 0) is 9.53 Å². The number of aliphatic hydroxyl groups is 1. The minimum Gasteiger partial charge on any atom is -0.481 e. The van der Waals surface area contributed by atoms with E-state index in [2.05, 4.69) is 4.98 Å². The van der Waals surface area contributed by atoms with Crippen LogP contribution < -0.4 is 5.73 Å². The third-order valence-corrected chi connectivity index (χ3v) is 5.13. The Bertz CT molecular complexity index is 563. The molecule has 2 heterocycles. The molecule has 1 aliphatic carbocycles. The number of fused-ring (bicyclic) bond motifs is 1. The van der Waals surface area contributed by atoms with Crippen molar-refractivity contribution in [3.63, 3.8) is 0 Å². The molecule has 1 aromatic heterocycles. The summed E-state index contributed by atoms with van der Waals surface area (Å²) in [5.41, 5.74) is 5.74. The largest absolute Gasteiger partial charge is 0.481 e. The molecule has 0 aromatic carbocycles. The maximum atomic E-state index is 11.9. The molecule has 1 saturated carbocycles. The molecule has 2 fully saturated rings. The van der Waals surface area contributed by atoms with E-state index in [4.69, 9.17) is 10.5 Å². The molecular formula is C16H22N2O4. The minimum atomic E-state index is -1.09. The topological polar surface area (TPSA) is 106 Å². The summed E-state index contributed by atoms with van der Waals surface area (Å²) in [5, 5.41) is 21.0. The average molecular weight is 306 g/mol. The predicted octanol–water partition coefficient (Wildman–Crippen LogP) is 1.54. The van der Waals surface area contributed by atoms with E-state index in [1.54, 1.807) is 12.3 Å². The van der Waals surface area contributed by atoms with E-state index in [1.807, 2.05) is 0 Å². The number of rotatable bonds is 3. The van der Waals surface area contributed by atoms with E-state index in [0.717, 1.165) is 19.3 Å². The molecule has 6 heteroatoms. The first kappa shape index (κ1) is 15.2. The van der Waals surface area contributed by atoms with Gasteiger partial charge < -0.3 is 20.7 Å². The third-order valence-electron chi connectivity index (χ3n) is 5.13. The van der Waals surface area contributed by atoms with Crippen LogP contribution in [0.25, 0.3) is 0 Å². The number of anilines is 1. The fraction of sp³-hybridized carbons (Fsp3) is 0.625. The van der Waals surface area contributed by atoms with Gasteiger partial charge in [0.05, 0.1) is 29.5 Å². The average Bonchev–Trinajstić information content (AvgIpc) is 2.49. The Kier molecular flexibility index (Phi) is 4.06. The molecule has 0 bridgehead atoms. The van der Waals surface area contributed by atoms with Crippen molar-refractivity contribution >= 4 is 11.7 Å². The Balaban J connectivity index is 2.00. The smallest absolute Gasteiger partial charge is 0.311 e. The van der Waals surface area contributed by atoms with Gasteiger partial charge in [0.25, 0.3) is 0 Å². The number of hydrogen-bond donors (Lipinski definition) is 3. The molecule has 0 amide bonds. The van der Waals surface area contributed by atoms with Gasteiger partial charge in [-0.2, -0.15) is 0 Å². The number of nitrogen functional groups attached to an aromatic ring is 1. The summed E-state index contributed by atoms with van der Waals surface area (Å²) >= 11 is 0. The van der Waals surface area contributed by atoms with Gasteiger partial charge in [-0.05, 0) is 30.9 Å². The van der Waals surface area contributed by atoms with Crippen LogP contribution >= 0.6 is 0 Å². The highest BCUT2D eigenvalue weighted by Gasteiger charge is 2.53. The number of carboxylic acid groups (broad SMARTS) is 1. The predicted molar refractivity (Wildman–Crippen MR) is 80.3 cm³/mol. The van der Waals surface area contributed by atoms with Crippen molar-refractivity contribution in [2.45, 2.75) is 49.7 Å². The lowest BCUT2D eigenvalue weighted by Crippen LogP contribution is -2.57. The number of nitrogens with two attached hydrogens (primary N) is 1. The molecule has 4 N–H and O–H groups in total. The second kappa shape index (κ2) is 5.85. The number of aromatic nitrogens is 1. The van der Waals surface area contributed by atoms with Crippen LogP contribution in [0.4, 0.5) is 5.69 Å². The lowest BCUT2D eigenvalue weighted by Gasteiger charge is -2.50. The van der Waals surface area contributed by atoms with Crippen molar-refractivity contribution in [1.82, 2.24) is 4.98 Å². The minimum absolute atomic E-state index is 0.273. The highest BCUT2D eigenvalue weighted by Crippen LogP contribution is 2.47. The maximum Gasteiger partial charge on any atom is 0.311 e. The van der Waals surface area contributed by atoms with Crippen LogP contribution in [0.2, 0.25) is 0 Å². The number of carboxylic acids is 1. The van der Waals surface area contributed by atoms with Gasteiger partial charge in [-0.25, -0.2) is 0 Å². The molecule has 0 unspecified atom stereocenters. The summed E-state index contributed by atoms with van der Waals surface area (Å²) in [5.74, 6) is -2.19. The summed E-state index contributed by atoms with van der Waals surface area (Å²) in [6, 6.07) is 1.64. The Morgan fingerprint density at radius 1 is 1.45 bits per heavy atom. The zero-order valence-electron chi connectivity index (χ0n) is 12.4. The van der Waals surface area contributed by atoms with Crippen LogP contribution in [0.5, 0.6) is 0 Å². The molecule has 4 atom stereocenters. The number of carbonyl (C=O) groups is 1. The number of hydrogen-bond acceptors (Lipinski definition) is 5. The molecule has 6 nitrogen and oxygen atoms in total. The van der Waals surface area contributed by atoms with Crippen molar-refractivity contribution in [3.8, 4) is 0 Å². The molecule has 1 aromatic rings. The van der Waals surface area contributed by atoms with E-state index in [9.17, 15) is 15.0 Å². The zero-order valence-corrected chi connectivity index (χ0v) is 12.4. The monoisotopic (exact) mass is 306 g/mol. The number of pyridine rings is 1. The first-order valence-corrected chi connectivity index (χ1v) is 7.80. The van der Waals surface area contributed by atoms with E-state index < -0.39 is 23.4 Å². The van der Waals surface area contributed by atoms with Gasteiger partial charge in [0.1, 0.15) is 0 Å². The number of aliphatic carboxylic acids is 1. The molecule has 0 spiro atoms. The third kappa shape index (κ3) is 2.46. The summed E-state index contributed by atoms with van der Waals surface area (Å²) in [6.45, 7) is 0.479. The fourth-order valence-corrected chi connectivity index (χ4v) is 4.07. The van der Waals surface area contributed by atoms with E-state index in [-0.39, 0.29) is 6.10 Å². The second-order valence-corrected chi connectivity index (χ2v) is 6.31. The van der Waals surface area contributed by atoms with Crippen molar-refractivity contribution in [3.05, 3.63) is 24.0 Å². The van der Waals surface area contributed by atoms with E-state index in [0.29, 0.717) is 30.7 Å². The fourth-order valence-electron chi connectivity index (χ4n) is 4.07. The zero-order chi connectivity index (χ0) is 15.7. The van der Waals surface area contributed by atoms with Gasteiger partial charge >= 0.3 is 5.97 Å². The lowest BCUT2D eigenvalue weighted by molar-refractivity contribution is -0.203. The first-order valence-electron chi connectivity index (χ1n) is 7.80. The van der Waals surface area contributed by atoms with Crippen LogP contribution in [0, 0.1) is 5.92 Å². The summed E-state index contributed by atoms with van der Waals surface area (Å²) in [4.78, 5) is 15.9. The van der Waals surface area contributed by atoms with Crippen LogP contribution in [-0.4, -0.2) is 39.5 Å². The molecular weight excluding hydrogens is 284 g/mol. The molecule has 1 aliphatic heterocycles. The Labute approximate surface area is 129 Å². The Hall–Kier alpha value is -1.66. The summed E-state index contributed by atoms with van der Waals surface area (Å²) in [6.07, 6.45) is 6.52. The Morgan fingerprint density at radius 3 is 3.00 bits per heavy atom. The van der Waals surface area contributed by atoms with Crippen LogP contribution in [0.15, 0.2) is 18.5 Å². The van der Waals surface area contributed by atoms with Crippen LogP contribution in [0.1, 0.15) is 43.6 Å². The molecule has 1 saturated heterocycles. The molecule has 0 radical (unpaired) electrons. The van der Waals surface area contributed by atoms with E-state index >= 15 is 0 Å². The van der Waals surface area contributed by atoms with E-state index in [1.165, 1.54) is 6.20 Å². The summed E-state index contributed by atoms with van der Waals surface area (Å²) in [7, 11) is 0. The van der Waals surface area contributed by atoms with Gasteiger partial charge in [-0.3, -0.25) is 9.78 Å². The second-order valence-electron chi connectivity index (χ2n) is 6.31. The quantitative estimate of drug-likeness (QED) is 0.782.